The van der Waals surface area contributed by atoms with E-state index < -0.39 is 0 Å². The highest BCUT2D eigenvalue weighted by atomic mass is 16.3. The van der Waals surface area contributed by atoms with Crippen LogP contribution in [-0.2, 0) is 0 Å². The van der Waals surface area contributed by atoms with Crippen molar-refractivity contribution in [3.05, 3.63) is 150 Å². The third kappa shape index (κ3) is 3.82. The fraction of sp³-hybridized carbons (Fsp3) is 0.0263. The summed E-state index contributed by atoms with van der Waals surface area (Å²) in [5, 5.41) is 12.9. The maximum Gasteiger partial charge on any atom is 0.159 e. The molecule has 6 aromatic carbocycles. The molecular weight excluding hydrogens is 528 g/mol. The Morgan fingerprint density at radius 2 is 1.40 bits per heavy atom. The van der Waals surface area contributed by atoms with E-state index in [0.717, 1.165) is 44.5 Å². The Morgan fingerprint density at radius 3 is 2.30 bits per heavy atom. The van der Waals surface area contributed by atoms with Crippen LogP contribution in [0.3, 0.4) is 0 Å². The van der Waals surface area contributed by atoms with Crippen molar-refractivity contribution in [1.29, 1.82) is 0 Å². The monoisotopic (exact) mass is 552 g/mol. The van der Waals surface area contributed by atoms with E-state index in [9.17, 15) is 0 Å². The Labute approximate surface area is 246 Å². The van der Waals surface area contributed by atoms with Crippen molar-refractivity contribution in [3.63, 3.8) is 0 Å². The molecule has 0 amide bonds. The predicted octanol–water partition coefficient (Wildman–Crippen LogP) is 8.94. The van der Waals surface area contributed by atoms with Crippen molar-refractivity contribution in [3.8, 4) is 0 Å². The highest BCUT2D eigenvalue weighted by molar-refractivity contribution is 6.23. The molecule has 5 heteroatoms. The van der Waals surface area contributed by atoms with Crippen LogP contribution in [0.4, 0.5) is 0 Å². The van der Waals surface area contributed by atoms with Gasteiger partial charge in [0.25, 0.3) is 0 Å². The molecule has 1 aliphatic heterocycles. The summed E-state index contributed by atoms with van der Waals surface area (Å²) in [7, 11) is 0. The second-order valence-electron chi connectivity index (χ2n) is 10.9. The van der Waals surface area contributed by atoms with Gasteiger partial charge in [-0.2, -0.15) is 0 Å². The van der Waals surface area contributed by atoms with Crippen LogP contribution in [-0.4, -0.2) is 16.7 Å². The molecule has 0 fully saturated rings. The van der Waals surface area contributed by atoms with E-state index in [1.165, 1.54) is 32.3 Å². The molecule has 2 aromatic heterocycles. The van der Waals surface area contributed by atoms with Gasteiger partial charge in [0.2, 0.25) is 0 Å². The van der Waals surface area contributed by atoms with Crippen LogP contribution in [0.2, 0.25) is 0 Å². The highest BCUT2D eigenvalue weighted by Gasteiger charge is 2.24. The van der Waals surface area contributed by atoms with Crippen molar-refractivity contribution in [2.24, 2.45) is 9.98 Å². The smallest absolute Gasteiger partial charge is 0.159 e. The molecule has 1 atom stereocenters. The average Bonchev–Trinajstić information content (AvgIpc) is 3.47. The van der Waals surface area contributed by atoms with Crippen LogP contribution in [0.1, 0.15) is 22.9 Å². The average molecular weight is 553 g/mol. The summed E-state index contributed by atoms with van der Waals surface area (Å²) in [6, 6.07) is 42.2. The summed E-state index contributed by atoms with van der Waals surface area (Å²) in [6.45, 7) is 0. The van der Waals surface area contributed by atoms with E-state index >= 15 is 0 Å². The molecule has 0 radical (unpaired) electrons. The van der Waals surface area contributed by atoms with Gasteiger partial charge < -0.3 is 9.73 Å². The normalized spacial score (nSPS) is 15.2. The SMILES string of the molecule is c1ccc(C2N=C(c3ccc4ccc5c6ccccc6ccc5c4c3)N=C(c3cccc4oc5ccncc5c34)N2)cc1. The minimum atomic E-state index is -0.303. The molecule has 1 aliphatic rings. The Hall–Kier alpha value is -5.81. The van der Waals surface area contributed by atoms with E-state index in [1.54, 1.807) is 6.20 Å². The van der Waals surface area contributed by atoms with E-state index in [2.05, 4.69) is 95.2 Å². The minimum absolute atomic E-state index is 0.303. The Kier molecular flexibility index (Phi) is 5.19. The molecule has 3 heterocycles. The molecule has 9 rings (SSSR count). The Bertz CT molecular complexity index is 2440. The number of furan rings is 1. The maximum atomic E-state index is 6.17. The molecule has 1 N–H and O–H groups in total. The number of hydrogen-bond donors (Lipinski definition) is 1. The zero-order valence-corrected chi connectivity index (χ0v) is 23.0. The first-order valence-corrected chi connectivity index (χ1v) is 14.4. The quantitative estimate of drug-likeness (QED) is 0.223. The number of benzene rings is 6. The Balaban J connectivity index is 1.26. The summed E-state index contributed by atoms with van der Waals surface area (Å²) in [6.07, 6.45) is 3.31. The second-order valence-corrected chi connectivity index (χ2v) is 10.9. The van der Waals surface area contributed by atoms with Gasteiger partial charge in [0.05, 0.1) is 0 Å². The van der Waals surface area contributed by atoms with Crippen LogP contribution in [0, 0.1) is 0 Å². The zero-order valence-electron chi connectivity index (χ0n) is 23.0. The van der Waals surface area contributed by atoms with Crippen LogP contribution >= 0.6 is 0 Å². The summed E-state index contributed by atoms with van der Waals surface area (Å²) in [5.41, 5.74) is 4.59. The van der Waals surface area contributed by atoms with Crippen molar-refractivity contribution < 1.29 is 4.42 Å². The van der Waals surface area contributed by atoms with Gasteiger partial charge in [-0.25, -0.2) is 9.98 Å². The standard InChI is InChI=1S/C38H24N4O/c1-2-8-25(9-3-1)36-40-37(42-38(41-36)30-11-6-12-34-35(30)32-22-39-20-19-33(32)43-34)26-14-13-24-16-17-28-27-10-5-4-7-23(27)15-18-29(28)31(24)21-26/h1-22,36H,(H,40,41,42). The summed E-state index contributed by atoms with van der Waals surface area (Å²) in [5.74, 6) is 1.44. The first-order valence-electron chi connectivity index (χ1n) is 14.4. The predicted molar refractivity (Wildman–Crippen MR) is 176 cm³/mol. The lowest BCUT2D eigenvalue weighted by Crippen LogP contribution is -2.33. The Morgan fingerprint density at radius 1 is 0.605 bits per heavy atom. The van der Waals surface area contributed by atoms with Gasteiger partial charge in [-0.15, -0.1) is 0 Å². The number of hydrogen-bond acceptors (Lipinski definition) is 5. The molecule has 43 heavy (non-hydrogen) atoms. The van der Waals surface area contributed by atoms with Gasteiger partial charge in [0.1, 0.15) is 23.2 Å². The van der Waals surface area contributed by atoms with Gasteiger partial charge in [-0.05, 0) is 56.1 Å². The molecule has 8 aromatic rings. The summed E-state index contributed by atoms with van der Waals surface area (Å²) >= 11 is 0. The lowest BCUT2D eigenvalue weighted by Gasteiger charge is -2.24. The molecule has 5 nitrogen and oxygen atoms in total. The molecule has 0 spiro atoms. The van der Waals surface area contributed by atoms with Gasteiger partial charge in [0, 0.05) is 34.3 Å². The molecule has 0 aliphatic carbocycles. The fourth-order valence-corrected chi connectivity index (χ4v) is 6.35. The molecule has 0 saturated carbocycles. The molecule has 1 unspecified atom stereocenters. The van der Waals surface area contributed by atoms with E-state index in [-0.39, 0.29) is 6.17 Å². The number of nitrogens with one attached hydrogen (secondary N) is 1. The van der Waals surface area contributed by atoms with Crippen molar-refractivity contribution >= 4 is 65.9 Å². The first-order chi connectivity index (χ1) is 21.3. The highest BCUT2D eigenvalue weighted by Crippen LogP contribution is 2.34. The number of aliphatic imine (C=N–C) groups is 2. The lowest BCUT2D eigenvalue weighted by atomic mass is 9.96. The van der Waals surface area contributed by atoms with E-state index in [0.29, 0.717) is 5.84 Å². The van der Waals surface area contributed by atoms with Crippen LogP contribution in [0.15, 0.2) is 148 Å². The minimum Gasteiger partial charge on any atom is -0.456 e. The fourth-order valence-electron chi connectivity index (χ4n) is 6.35. The number of fused-ring (bicyclic) bond motifs is 8. The van der Waals surface area contributed by atoms with Gasteiger partial charge in [-0.1, -0.05) is 103 Å². The van der Waals surface area contributed by atoms with Gasteiger partial charge >= 0.3 is 0 Å². The number of amidine groups is 2. The van der Waals surface area contributed by atoms with Crippen LogP contribution in [0.5, 0.6) is 0 Å². The van der Waals surface area contributed by atoms with Crippen LogP contribution < -0.4 is 5.32 Å². The molecule has 0 bridgehead atoms. The van der Waals surface area contributed by atoms with Gasteiger partial charge in [0.15, 0.2) is 5.84 Å². The molecular formula is C38H24N4O. The molecule has 202 valence electrons. The second kappa shape index (κ2) is 9.36. The number of aromatic nitrogens is 1. The number of pyridine rings is 1. The third-order valence-electron chi connectivity index (χ3n) is 8.41. The summed E-state index contributed by atoms with van der Waals surface area (Å²) in [4.78, 5) is 14.7. The van der Waals surface area contributed by atoms with Crippen molar-refractivity contribution in [2.75, 3.05) is 0 Å². The number of nitrogens with zero attached hydrogens (tertiary/aromatic N) is 3. The van der Waals surface area contributed by atoms with Crippen molar-refractivity contribution in [1.82, 2.24) is 10.3 Å². The van der Waals surface area contributed by atoms with E-state index in [4.69, 9.17) is 14.4 Å². The van der Waals surface area contributed by atoms with Gasteiger partial charge in [-0.3, -0.25) is 4.98 Å². The first kappa shape index (κ1) is 23.9. The zero-order chi connectivity index (χ0) is 28.3. The topological polar surface area (TPSA) is 62.8 Å². The third-order valence-corrected chi connectivity index (χ3v) is 8.41. The molecule has 0 saturated heterocycles. The summed E-state index contributed by atoms with van der Waals surface area (Å²) < 4.78 is 6.17. The number of rotatable bonds is 3. The van der Waals surface area contributed by atoms with E-state index in [1.807, 2.05) is 42.6 Å². The largest absolute Gasteiger partial charge is 0.456 e. The van der Waals surface area contributed by atoms with Crippen molar-refractivity contribution in [2.45, 2.75) is 6.17 Å². The van der Waals surface area contributed by atoms with Crippen LogP contribution in [0.25, 0.3) is 54.3 Å². The lowest BCUT2D eigenvalue weighted by molar-refractivity contribution is 0.667. The maximum absolute atomic E-state index is 6.17.